The van der Waals surface area contributed by atoms with Crippen molar-refractivity contribution in [3.63, 3.8) is 0 Å². The van der Waals surface area contributed by atoms with Crippen LogP contribution in [0.25, 0.3) is 0 Å². The minimum atomic E-state index is -4.75. The van der Waals surface area contributed by atoms with Crippen LogP contribution in [0.2, 0.25) is 0 Å². The lowest BCUT2D eigenvalue weighted by atomic mass is 9.96. The van der Waals surface area contributed by atoms with Crippen molar-refractivity contribution in [3.05, 3.63) is 22.1 Å². The number of aliphatic hydroxyl groups is 1. The van der Waals surface area contributed by atoms with Crippen LogP contribution in [-0.2, 0) is 6.18 Å². The first kappa shape index (κ1) is 12.9. The van der Waals surface area contributed by atoms with E-state index in [0.29, 0.717) is 13.0 Å². The maximum Gasteiger partial charge on any atom is 0.423 e. The average Bonchev–Trinajstić information content (AvgIpc) is 2.12. The first-order chi connectivity index (χ1) is 8.32. The Bertz CT molecular complexity index is 498. The smallest absolute Gasteiger partial charge is 0.391 e. The maximum absolute atomic E-state index is 12.8. The summed E-state index contributed by atoms with van der Waals surface area (Å²) in [7, 11) is 0. The molecule has 18 heavy (non-hydrogen) atoms. The van der Waals surface area contributed by atoms with Gasteiger partial charge in [-0.05, 0) is 13.3 Å². The first-order valence-electron chi connectivity index (χ1n) is 5.42. The minimum Gasteiger partial charge on any atom is -0.391 e. The molecule has 0 spiro atoms. The topological polar surface area (TPSA) is 69.2 Å². The van der Waals surface area contributed by atoms with Crippen LogP contribution in [0.15, 0.2) is 11.0 Å². The quantitative estimate of drug-likeness (QED) is 0.826. The average molecular weight is 263 g/mol. The Hall–Kier alpha value is -1.57. The molecule has 8 heteroatoms. The Morgan fingerprint density at radius 3 is 2.72 bits per heavy atom. The van der Waals surface area contributed by atoms with Gasteiger partial charge in [0.15, 0.2) is 0 Å². The van der Waals surface area contributed by atoms with Crippen LogP contribution in [0.3, 0.4) is 0 Å². The van der Waals surface area contributed by atoms with Crippen molar-refractivity contribution in [2.45, 2.75) is 31.7 Å². The van der Waals surface area contributed by atoms with E-state index in [2.05, 4.69) is 5.10 Å². The molecule has 1 fully saturated rings. The van der Waals surface area contributed by atoms with Gasteiger partial charge in [0.2, 0.25) is 0 Å². The zero-order valence-corrected chi connectivity index (χ0v) is 9.53. The number of aromatic nitrogens is 2. The van der Waals surface area contributed by atoms with Gasteiger partial charge in [0.1, 0.15) is 5.56 Å². The molecule has 0 aliphatic carbocycles. The Morgan fingerprint density at radius 1 is 1.61 bits per heavy atom. The summed E-state index contributed by atoms with van der Waals surface area (Å²) in [6.45, 7) is 1.87. The number of anilines is 1. The van der Waals surface area contributed by atoms with Crippen LogP contribution in [-0.4, -0.2) is 34.0 Å². The first-order valence-corrected chi connectivity index (χ1v) is 5.42. The Morgan fingerprint density at radius 2 is 2.28 bits per heavy atom. The lowest BCUT2D eigenvalue weighted by Crippen LogP contribution is -2.54. The molecule has 1 unspecified atom stereocenters. The van der Waals surface area contributed by atoms with Crippen molar-refractivity contribution in [1.82, 2.24) is 10.2 Å². The molecule has 1 aromatic heterocycles. The Kier molecular flexibility index (Phi) is 3.05. The van der Waals surface area contributed by atoms with Gasteiger partial charge in [0.05, 0.1) is 24.0 Å². The molecule has 2 N–H and O–H groups in total. The van der Waals surface area contributed by atoms with Crippen LogP contribution in [0, 0.1) is 0 Å². The molecule has 2 rings (SSSR count). The zero-order valence-electron chi connectivity index (χ0n) is 9.53. The molecular weight excluding hydrogens is 251 g/mol. The summed E-state index contributed by atoms with van der Waals surface area (Å²) in [4.78, 5) is 12.6. The van der Waals surface area contributed by atoms with E-state index in [1.807, 2.05) is 0 Å². The van der Waals surface area contributed by atoms with Gasteiger partial charge < -0.3 is 10.0 Å². The molecule has 0 amide bonds. The van der Waals surface area contributed by atoms with Crippen LogP contribution < -0.4 is 10.5 Å². The molecule has 0 aromatic carbocycles. The third-order valence-electron chi connectivity index (χ3n) is 3.05. The third-order valence-corrected chi connectivity index (χ3v) is 3.05. The highest BCUT2D eigenvalue weighted by atomic mass is 19.4. The van der Waals surface area contributed by atoms with Crippen LogP contribution in [0.1, 0.15) is 18.9 Å². The fourth-order valence-corrected chi connectivity index (χ4v) is 2.09. The molecule has 0 saturated carbocycles. The monoisotopic (exact) mass is 263 g/mol. The van der Waals surface area contributed by atoms with Crippen molar-refractivity contribution in [1.29, 1.82) is 0 Å². The second kappa shape index (κ2) is 4.27. The fourth-order valence-electron chi connectivity index (χ4n) is 2.09. The van der Waals surface area contributed by atoms with E-state index in [-0.39, 0.29) is 5.69 Å². The number of nitrogens with one attached hydrogen (secondary N) is 1. The summed E-state index contributed by atoms with van der Waals surface area (Å²) in [5.41, 5.74) is -2.80. The van der Waals surface area contributed by atoms with Gasteiger partial charge in [-0.1, -0.05) is 0 Å². The molecule has 2 heterocycles. The van der Waals surface area contributed by atoms with E-state index >= 15 is 0 Å². The molecule has 1 aliphatic heterocycles. The minimum absolute atomic E-state index is 0.275. The molecule has 5 nitrogen and oxygen atoms in total. The lowest BCUT2D eigenvalue weighted by Gasteiger charge is -2.44. The Labute approximate surface area is 100 Å². The van der Waals surface area contributed by atoms with E-state index in [1.165, 1.54) is 11.8 Å². The van der Waals surface area contributed by atoms with Crippen LogP contribution >= 0.6 is 0 Å². The largest absolute Gasteiger partial charge is 0.423 e. The number of alkyl halides is 3. The number of H-pyrrole nitrogens is 1. The number of hydrogen-bond donors (Lipinski definition) is 2. The van der Waals surface area contributed by atoms with E-state index in [9.17, 15) is 23.1 Å². The molecular formula is C10H12F3N3O2. The Balaban J connectivity index is 2.46. The second-order valence-electron chi connectivity index (χ2n) is 4.25. The highest BCUT2D eigenvalue weighted by molar-refractivity contribution is 5.55. The van der Waals surface area contributed by atoms with Gasteiger partial charge in [0.25, 0.3) is 5.56 Å². The third kappa shape index (κ3) is 2.07. The SMILES string of the molecule is CC(O)[C@@H]1CCN1c1cn[nH]c(=O)c1C(F)(F)F. The molecule has 1 aromatic rings. The number of aliphatic hydroxyl groups excluding tert-OH is 1. The molecule has 0 bridgehead atoms. The predicted octanol–water partition coefficient (Wildman–Crippen LogP) is 0.748. The molecule has 1 aliphatic rings. The van der Waals surface area contributed by atoms with Gasteiger partial charge in [-0.25, -0.2) is 5.10 Å². The number of aromatic amines is 1. The normalized spacial score (nSPS) is 21.6. The van der Waals surface area contributed by atoms with E-state index in [1.54, 1.807) is 5.10 Å². The highest BCUT2D eigenvalue weighted by Crippen LogP contribution is 2.37. The van der Waals surface area contributed by atoms with Gasteiger partial charge in [-0.2, -0.15) is 18.3 Å². The van der Waals surface area contributed by atoms with Crippen molar-refractivity contribution in [3.8, 4) is 0 Å². The number of halogens is 3. The van der Waals surface area contributed by atoms with Gasteiger partial charge in [-0.3, -0.25) is 4.79 Å². The molecule has 2 atom stereocenters. The summed E-state index contributed by atoms with van der Waals surface area (Å²) < 4.78 is 38.5. The zero-order chi connectivity index (χ0) is 13.5. The van der Waals surface area contributed by atoms with Crippen molar-refractivity contribution >= 4 is 5.69 Å². The van der Waals surface area contributed by atoms with Gasteiger partial charge in [-0.15, -0.1) is 0 Å². The van der Waals surface area contributed by atoms with Crippen LogP contribution in [0.4, 0.5) is 18.9 Å². The van der Waals surface area contributed by atoms with Gasteiger partial charge in [0, 0.05) is 6.54 Å². The van der Waals surface area contributed by atoms with E-state index < -0.39 is 29.4 Å². The number of hydrogen-bond acceptors (Lipinski definition) is 4. The van der Waals surface area contributed by atoms with E-state index in [0.717, 1.165) is 6.20 Å². The predicted molar refractivity (Wildman–Crippen MR) is 57.3 cm³/mol. The van der Waals surface area contributed by atoms with Crippen molar-refractivity contribution in [2.24, 2.45) is 0 Å². The van der Waals surface area contributed by atoms with Crippen molar-refractivity contribution in [2.75, 3.05) is 11.4 Å². The second-order valence-corrected chi connectivity index (χ2v) is 4.25. The molecule has 100 valence electrons. The standard InChI is InChI=1S/C10H12F3N3O2/c1-5(17)6-2-3-16(6)7-4-14-15-9(18)8(7)10(11,12)13/h4-6,17H,2-3H2,1H3,(H,15,18)/t5?,6-/m0/s1. The summed E-state index contributed by atoms with van der Waals surface area (Å²) >= 11 is 0. The number of nitrogens with zero attached hydrogens (tertiary/aromatic N) is 2. The summed E-state index contributed by atoms with van der Waals surface area (Å²) in [6, 6.07) is -0.408. The highest BCUT2D eigenvalue weighted by Gasteiger charge is 2.42. The summed E-state index contributed by atoms with van der Waals surface area (Å²) in [6.07, 6.45) is -3.95. The van der Waals surface area contributed by atoms with Crippen LogP contribution in [0.5, 0.6) is 0 Å². The number of rotatable bonds is 2. The summed E-state index contributed by atoms with van der Waals surface area (Å²) in [5, 5.41) is 14.6. The van der Waals surface area contributed by atoms with Crippen molar-refractivity contribution < 1.29 is 18.3 Å². The maximum atomic E-state index is 12.8. The molecule has 0 radical (unpaired) electrons. The fraction of sp³-hybridized carbons (Fsp3) is 0.600. The molecule has 1 saturated heterocycles. The summed E-state index contributed by atoms with van der Waals surface area (Å²) in [5.74, 6) is 0. The van der Waals surface area contributed by atoms with Gasteiger partial charge >= 0.3 is 6.18 Å². The lowest BCUT2D eigenvalue weighted by molar-refractivity contribution is -0.138. The van der Waals surface area contributed by atoms with E-state index in [4.69, 9.17) is 0 Å².